The molecule has 0 radical (unpaired) electrons. The molecule has 0 aliphatic heterocycles. The summed E-state index contributed by atoms with van der Waals surface area (Å²) in [5, 5.41) is 13.2. The summed E-state index contributed by atoms with van der Waals surface area (Å²) in [5.74, 6) is -1.14. The number of carbonyl (C=O) groups is 2. The monoisotopic (exact) mass is 287 g/mol. The van der Waals surface area contributed by atoms with Crippen molar-refractivity contribution in [1.29, 1.82) is 0 Å². The summed E-state index contributed by atoms with van der Waals surface area (Å²) in [4.78, 5) is 26.8. The number of benzene rings is 1. The second-order valence-corrected chi connectivity index (χ2v) is 5.20. The number of hydrogen-bond donors (Lipinski definition) is 2. The number of nitrogens with one attached hydrogen (secondary N) is 1. The Balaban J connectivity index is 1.78. The van der Waals surface area contributed by atoms with Gasteiger partial charge in [-0.1, -0.05) is 35.6 Å². The van der Waals surface area contributed by atoms with Crippen molar-refractivity contribution in [2.75, 3.05) is 5.43 Å². The largest absolute Gasteiger partial charge is 0.477 e. The molecule has 1 aliphatic rings. The van der Waals surface area contributed by atoms with Gasteiger partial charge < -0.3 is 5.11 Å². The van der Waals surface area contributed by atoms with Crippen molar-refractivity contribution in [1.82, 2.24) is 4.98 Å². The highest BCUT2D eigenvalue weighted by atomic mass is 32.1. The Kier molecular flexibility index (Phi) is 3.03. The van der Waals surface area contributed by atoms with Gasteiger partial charge in [0.15, 0.2) is 0 Å². The molecule has 2 aromatic rings. The maximum Gasteiger partial charge on any atom is 0.347 e. The number of aromatic nitrogens is 1. The lowest BCUT2D eigenvalue weighted by Gasteiger charge is -1.95. The maximum atomic E-state index is 12.0. The minimum atomic E-state index is -1.03. The topological polar surface area (TPSA) is 91.7 Å². The molecule has 0 amide bonds. The molecule has 1 aromatic heterocycles. The number of aromatic carboxylic acids is 1. The molecule has 0 bridgehead atoms. The Morgan fingerprint density at radius 3 is 2.90 bits per heavy atom. The molecule has 2 N–H and O–H groups in total. The molecule has 1 aliphatic carbocycles. The minimum Gasteiger partial charge on any atom is -0.477 e. The van der Waals surface area contributed by atoms with E-state index in [1.54, 1.807) is 6.07 Å². The van der Waals surface area contributed by atoms with Gasteiger partial charge in [0.1, 0.15) is 10.6 Å². The Morgan fingerprint density at radius 2 is 2.20 bits per heavy atom. The number of ketones is 1. The minimum absolute atomic E-state index is 0.108. The van der Waals surface area contributed by atoms with Crippen LogP contribution in [0.5, 0.6) is 0 Å². The summed E-state index contributed by atoms with van der Waals surface area (Å²) >= 11 is 0.969. The number of rotatable bonds is 3. The summed E-state index contributed by atoms with van der Waals surface area (Å²) in [6.07, 6.45) is 1.72. The number of thiazole rings is 1. The number of hydrazone groups is 1. The summed E-state index contributed by atoms with van der Waals surface area (Å²) in [6, 6.07) is 7.35. The molecule has 3 rings (SSSR count). The van der Waals surface area contributed by atoms with Crippen LogP contribution in [0.25, 0.3) is 0 Å². The van der Waals surface area contributed by atoms with Gasteiger partial charge in [-0.25, -0.2) is 9.78 Å². The third-order valence-electron chi connectivity index (χ3n) is 2.88. The van der Waals surface area contributed by atoms with E-state index in [9.17, 15) is 9.59 Å². The van der Waals surface area contributed by atoms with E-state index in [1.165, 1.54) is 6.20 Å². The van der Waals surface area contributed by atoms with Crippen LogP contribution in [0.15, 0.2) is 35.6 Å². The van der Waals surface area contributed by atoms with Crippen LogP contribution < -0.4 is 5.43 Å². The fourth-order valence-corrected chi connectivity index (χ4v) is 2.54. The average molecular weight is 287 g/mol. The predicted octanol–water partition coefficient (Wildman–Crippen LogP) is 2.05. The lowest BCUT2D eigenvalue weighted by atomic mass is 10.1. The maximum absolute atomic E-state index is 12.0. The SMILES string of the molecule is O=C(O)c1cnc(N/N=C2/Cc3ccccc3C2=O)s1. The zero-order valence-electron chi connectivity index (χ0n) is 10.2. The van der Waals surface area contributed by atoms with Crippen LogP contribution in [0.2, 0.25) is 0 Å². The van der Waals surface area contributed by atoms with Crippen LogP contribution in [0.1, 0.15) is 25.6 Å². The zero-order valence-corrected chi connectivity index (χ0v) is 11.0. The van der Waals surface area contributed by atoms with Gasteiger partial charge in [0.25, 0.3) is 0 Å². The number of carboxylic acid groups (broad SMARTS) is 1. The van der Waals surface area contributed by atoms with Crippen LogP contribution in [0, 0.1) is 0 Å². The van der Waals surface area contributed by atoms with Gasteiger partial charge in [0.05, 0.1) is 6.20 Å². The highest BCUT2D eigenvalue weighted by Crippen LogP contribution is 2.21. The van der Waals surface area contributed by atoms with Crippen molar-refractivity contribution >= 4 is 33.9 Å². The first-order chi connectivity index (χ1) is 9.65. The first-order valence-electron chi connectivity index (χ1n) is 5.79. The molecule has 0 fully saturated rings. The molecule has 0 saturated heterocycles. The highest BCUT2D eigenvalue weighted by molar-refractivity contribution is 7.17. The van der Waals surface area contributed by atoms with Crippen molar-refractivity contribution in [3.05, 3.63) is 46.5 Å². The third kappa shape index (κ3) is 2.19. The zero-order chi connectivity index (χ0) is 14.1. The fraction of sp³-hybridized carbons (Fsp3) is 0.0769. The van der Waals surface area contributed by atoms with E-state index in [2.05, 4.69) is 15.5 Å². The summed E-state index contributed by atoms with van der Waals surface area (Å²) in [6.45, 7) is 0. The van der Waals surface area contributed by atoms with Crippen molar-refractivity contribution in [3.8, 4) is 0 Å². The van der Waals surface area contributed by atoms with E-state index in [1.807, 2.05) is 18.2 Å². The molecule has 6 nitrogen and oxygen atoms in total. The lowest BCUT2D eigenvalue weighted by molar-refractivity contribution is 0.0701. The second kappa shape index (κ2) is 4.86. The molecular weight excluding hydrogens is 278 g/mol. The van der Waals surface area contributed by atoms with E-state index in [-0.39, 0.29) is 10.7 Å². The normalized spacial score (nSPS) is 15.4. The summed E-state index contributed by atoms with van der Waals surface area (Å²) in [5.41, 5.74) is 4.65. The number of Topliss-reactive ketones (excluding diaryl/α,β-unsaturated/α-hetero) is 1. The second-order valence-electron chi connectivity index (χ2n) is 4.17. The lowest BCUT2D eigenvalue weighted by Crippen LogP contribution is -2.10. The Morgan fingerprint density at radius 1 is 1.40 bits per heavy atom. The first-order valence-corrected chi connectivity index (χ1v) is 6.61. The smallest absolute Gasteiger partial charge is 0.347 e. The van der Waals surface area contributed by atoms with Crippen molar-refractivity contribution in [3.63, 3.8) is 0 Å². The van der Waals surface area contributed by atoms with Gasteiger partial charge in [-0.3, -0.25) is 10.2 Å². The van der Waals surface area contributed by atoms with Crippen LogP contribution in [0.4, 0.5) is 5.13 Å². The standard InChI is InChI=1S/C13H9N3O3S/c17-11-8-4-2-1-3-7(8)5-9(11)15-16-13-14-6-10(20-13)12(18)19/h1-4,6H,5H2,(H,14,16)(H,18,19)/b15-9-. The Labute approximate surface area is 117 Å². The molecule has 7 heteroatoms. The highest BCUT2D eigenvalue weighted by Gasteiger charge is 2.25. The number of hydrogen-bond acceptors (Lipinski definition) is 6. The van der Waals surface area contributed by atoms with Gasteiger partial charge in [0, 0.05) is 12.0 Å². The predicted molar refractivity (Wildman–Crippen MR) is 74.6 cm³/mol. The van der Waals surface area contributed by atoms with Crippen LogP contribution >= 0.6 is 11.3 Å². The van der Waals surface area contributed by atoms with E-state index in [0.29, 0.717) is 22.8 Å². The summed E-state index contributed by atoms with van der Waals surface area (Å²) < 4.78 is 0. The molecule has 0 saturated carbocycles. The van der Waals surface area contributed by atoms with E-state index in [4.69, 9.17) is 5.11 Å². The molecule has 100 valence electrons. The first kappa shape index (κ1) is 12.5. The number of anilines is 1. The molecule has 0 spiro atoms. The fourth-order valence-electron chi connectivity index (χ4n) is 1.94. The van der Waals surface area contributed by atoms with Crippen LogP contribution in [-0.2, 0) is 6.42 Å². The van der Waals surface area contributed by atoms with E-state index in [0.717, 1.165) is 16.9 Å². The van der Waals surface area contributed by atoms with Crippen molar-refractivity contribution in [2.45, 2.75) is 6.42 Å². The molecule has 0 unspecified atom stereocenters. The van der Waals surface area contributed by atoms with E-state index < -0.39 is 5.97 Å². The molecule has 20 heavy (non-hydrogen) atoms. The summed E-state index contributed by atoms with van der Waals surface area (Å²) in [7, 11) is 0. The number of carboxylic acids is 1. The van der Waals surface area contributed by atoms with Gasteiger partial charge in [-0.15, -0.1) is 0 Å². The van der Waals surface area contributed by atoms with Gasteiger partial charge in [-0.05, 0) is 5.56 Å². The average Bonchev–Trinajstić information content (AvgIpc) is 3.03. The Bertz CT molecular complexity index is 736. The van der Waals surface area contributed by atoms with E-state index >= 15 is 0 Å². The Hall–Kier alpha value is -2.54. The third-order valence-corrected chi connectivity index (χ3v) is 3.77. The van der Waals surface area contributed by atoms with Crippen molar-refractivity contribution in [2.24, 2.45) is 5.10 Å². The molecular formula is C13H9N3O3S. The van der Waals surface area contributed by atoms with Gasteiger partial charge in [-0.2, -0.15) is 5.10 Å². The van der Waals surface area contributed by atoms with Crippen LogP contribution in [0.3, 0.4) is 0 Å². The van der Waals surface area contributed by atoms with Crippen molar-refractivity contribution < 1.29 is 14.7 Å². The molecule has 1 aromatic carbocycles. The number of nitrogens with zero attached hydrogens (tertiary/aromatic N) is 2. The quantitative estimate of drug-likeness (QED) is 0.843. The molecule has 1 heterocycles. The number of fused-ring (bicyclic) bond motifs is 1. The number of carbonyl (C=O) groups excluding carboxylic acids is 1. The van der Waals surface area contributed by atoms with Gasteiger partial charge in [0.2, 0.25) is 10.9 Å². The molecule has 0 atom stereocenters. The van der Waals surface area contributed by atoms with Crippen LogP contribution in [-0.4, -0.2) is 27.6 Å². The van der Waals surface area contributed by atoms with Gasteiger partial charge >= 0.3 is 5.97 Å².